The monoisotopic (exact) mass is 228 g/mol. The Hall–Kier alpha value is -2.36. The highest BCUT2D eigenvalue weighted by molar-refractivity contribution is 5.92. The van der Waals surface area contributed by atoms with E-state index in [-0.39, 0.29) is 11.7 Å². The molecule has 0 spiro atoms. The summed E-state index contributed by atoms with van der Waals surface area (Å²) in [6.07, 6.45) is 3.03. The van der Waals surface area contributed by atoms with Gasteiger partial charge in [0.1, 0.15) is 0 Å². The minimum atomic E-state index is -0.362. The number of nitrogens with one attached hydrogen (secondary N) is 1. The number of carbonyl (C=O) groups excluding carboxylic acids is 1. The van der Waals surface area contributed by atoms with E-state index in [1.165, 1.54) is 6.26 Å². The number of hydrogen-bond acceptors (Lipinski definition) is 3. The molecule has 0 bridgehead atoms. The van der Waals surface area contributed by atoms with Crippen molar-refractivity contribution in [3.8, 4) is 0 Å². The van der Waals surface area contributed by atoms with Crippen LogP contribution in [0, 0.1) is 6.92 Å². The van der Waals surface area contributed by atoms with Crippen LogP contribution < -0.4 is 5.43 Å². The first-order chi connectivity index (χ1) is 8.25. The molecule has 0 saturated heterocycles. The molecule has 0 saturated carbocycles. The molecule has 0 aliphatic carbocycles. The Morgan fingerprint density at radius 1 is 1.35 bits per heavy atom. The number of amides is 1. The van der Waals surface area contributed by atoms with Gasteiger partial charge in [-0.05, 0) is 24.6 Å². The number of benzene rings is 1. The van der Waals surface area contributed by atoms with Crippen molar-refractivity contribution in [2.75, 3.05) is 0 Å². The zero-order valence-electron chi connectivity index (χ0n) is 9.38. The van der Waals surface area contributed by atoms with Gasteiger partial charge < -0.3 is 4.42 Å². The van der Waals surface area contributed by atoms with E-state index in [0.29, 0.717) is 0 Å². The highest BCUT2D eigenvalue weighted by Gasteiger charge is 2.05. The lowest BCUT2D eigenvalue weighted by Crippen LogP contribution is -2.16. The third-order valence-corrected chi connectivity index (χ3v) is 2.17. The van der Waals surface area contributed by atoms with E-state index >= 15 is 0 Å². The largest absolute Gasteiger partial charge is 0.459 e. The molecule has 1 aromatic carbocycles. The first-order valence-corrected chi connectivity index (χ1v) is 5.19. The van der Waals surface area contributed by atoms with Crippen LogP contribution in [-0.4, -0.2) is 12.1 Å². The summed E-state index contributed by atoms with van der Waals surface area (Å²) in [4.78, 5) is 11.4. The predicted molar refractivity (Wildman–Crippen MR) is 64.9 cm³/mol. The summed E-state index contributed by atoms with van der Waals surface area (Å²) < 4.78 is 4.93. The third-order valence-electron chi connectivity index (χ3n) is 2.17. The lowest BCUT2D eigenvalue weighted by atomic mass is 10.2. The van der Waals surface area contributed by atoms with Crippen LogP contribution in [-0.2, 0) is 0 Å². The SMILES string of the molecule is Cc1cccc(/C=N/NC(=O)c2ccco2)c1. The van der Waals surface area contributed by atoms with Crippen LogP contribution >= 0.6 is 0 Å². The van der Waals surface area contributed by atoms with Gasteiger partial charge in [-0.25, -0.2) is 5.43 Å². The summed E-state index contributed by atoms with van der Waals surface area (Å²) in [5.74, 6) is -0.120. The summed E-state index contributed by atoms with van der Waals surface area (Å²) in [7, 11) is 0. The van der Waals surface area contributed by atoms with Gasteiger partial charge in [0, 0.05) is 0 Å². The maximum Gasteiger partial charge on any atom is 0.307 e. The van der Waals surface area contributed by atoms with Gasteiger partial charge in [0.2, 0.25) is 0 Å². The van der Waals surface area contributed by atoms with Gasteiger partial charge in [0.25, 0.3) is 0 Å². The number of hydrogen-bond donors (Lipinski definition) is 1. The molecule has 4 nitrogen and oxygen atoms in total. The molecule has 0 aliphatic rings. The van der Waals surface area contributed by atoms with Crippen LogP contribution in [0.15, 0.2) is 52.2 Å². The molecule has 0 fully saturated rings. The molecule has 0 radical (unpaired) electrons. The number of carbonyl (C=O) groups is 1. The summed E-state index contributed by atoms with van der Waals surface area (Å²) in [5.41, 5.74) is 4.47. The molecule has 0 atom stereocenters. The summed E-state index contributed by atoms with van der Waals surface area (Å²) >= 11 is 0. The zero-order valence-corrected chi connectivity index (χ0v) is 9.38. The maximum atomic E-state index is 11.4. The van der Waals surface area contributed by atoms with E-state index in [2.05, 4.69) is 10.5 Å². The Bertz CT molecular complexity index is 530. The first kappa shape index (κ1) is 11.1. The van der Waals surface area contributed by atoms with E-state index in [0.717, 1.165) is 11.1 Å². The lowest BCUT2D eigenvalue weighted by molar-refractivity contribution is 0.0927. The van der Waals surface area contributed by atoms with E-state index in [4.69, 9.17) is 4.42 Å². The molecule has 2 aromatic rings. The Morgan fingerprint density at radius 3 is 2.94 bits per heavy atom. The average molecular weight is 228 g/mol. The number of hydrazone groups is 1. The highest BCUT2D eigenvalue weighted by Crippen LogP contribution is 2.01. The van der Waals surface area contributed by atoms with Gasteiger partial charge in [0.05, 0.1) is 12.5 Å². The van der Waals surface area contributed by atoms with Crippen molar-refractivity contribution in [2.45, 2.75) is 6.92 Å². The topological polar surface area (TPSA) is 54.6 Å². The minimum Gasteiger partial charge on any atom is -0.459 e. The average Bonchev–Trinajstić information content (AvgIpc) is 2.82. The van der Waals surface area contributed by atoms with Gasteiger partial charge >= 0.3 is 5.91 Å². The third kappa shape index (κ3) is 3.04. The van der Waals surface area contributed by atoms with Crippen LogP contribution in [0.2, 0.25) is 0 Å². The van der Waals surface area contributed by atoms with Crippen LogP contribution in [0.1, 0.15) is 21.7 Å². The van der Waals surface area contributed by atoms with E-state index in [1.54, 1.807) is 18.3 Å². The van der Waals surface area contributed by atoms with Crippen molar-refractivity contribution in [1.29, 1.82) is 0 Å². The number of aryl methyl sites for hydroxylation is 1. The van der Waals surface area contributed by atoms with E-state index < -0.39 is 0 Å². The molecular weight excluding hydrogens is 216 g/mol. The number of furan rings is 1. The standard InChI is InChI=1S/C13H12N2O2/c1-10-4-2-5-11(8-10)9-14-15-13(16)12-6-3-7-17-12/h2-9H,1H3,(H,15,16)/b14-9+. The Labute approximate surface area is 99.0 Å². The second-order valence-electron chi connectivity index (χ2n) is 3.59. The number of rotatable bonds is 3. The molecule has 0 aliphatic heterocycles. The normalized spacial score (nSPS) is 10.6. The molecule has 1 aromatic heterocycles. The second-order valence-corrected chi connectivity index (χ2v) is 3.59. The zero-order chi connectivity index (χ0) is 12.1. The smallest absolute Gasteiger partial charge is 0.307 e. The molecular formula is C13H12N2O2. The van der Waals surface area contributed by atoms with E-state index in [9.17, 15) is 4.79 Å². The molecule has 17 heavy (non-hydrogen) atoms. The van der Waals surface area contributed by atoms with Gasteiger partial charge in [-0.15, -0.1) is 0 Å². The summed E-state index contributed by atoms with van der Waals surface area (Å²) in [6, 6.07) is 11.1. The first-order valence-electron chi connectivity index (χ1n) is 5.19. The van der Waals surface area contributed by atoms with Gasteiger partial charge in [-0.3, -0.25) is 4.79 Å². The maximum absolute atomic E-state index is 11.4. The molecule has 1 heterocycles. The predicted octanol–water partition coefficient (Wildman–Crippen LogP) is 2.35. The highest BCUT2D eigenvalue weighted by atomic mass is 16.3. The van der Waals surface area contributed by atoms with Crippen LogP contribution in [0.3, 0.4) is 0 Å². The fourth-order valence-electron chi connectivity index (χ4n) is 1.38. The molecule has 2 rings (SSSR count). The van der Waals surface area contributed by atoms with E-state index in [1.807, 2.05) is 31.2 Å². The quantitative estimate of drug-likeness (QED) is 0.647. The van der Waals surface area contributed by atoms with Crippen molar-refractivity contribution < 1.29 is 9.21 Å². The van der Waals surface area contributed by atoms with Crippen molar-refractivity contribution in [3.63, 3.8) is 0 Å². The Balaban J connectivity index is 1.96. The molecule has 4 heteroatoms. The Morgan fingerprint density at radius 2 is 2.24 bits per heavy atom. The summed E-state index contributed by atoms with van der Waals surface area (Å²) in [5, 5.41) is 3.85. The fraction of sp³-hybridized carbons (Fsp3) is 0.0769. The molecule has 86 valence electrons. The van der Waals surface area contributed by atoms with Crippen molar-refractivity contribution >= 4 is 12.1 Å². The van der Waals surface area contributed by atoms with Crippen LogP contribution in [0.5, 0.6) is 0 Å². The second kappa shape index (κ2) is 5.12. The van der Waals surface area contributed by atoms with Crippen LogP contribution in [0.4, 0.5) is 0 Å². The van der Waals surface area contributed by atoms with Crippen molar-refractivity contribution in [3.05, 3.63) is 59.5 Å². The van der Waals surface area contributed by atoms with Gasteiger partial charge in [-0.2, -0.15) is 5.10 Å². The molecule has 0 unspecified atom stereocenters. The van der Waals surface area contributed by atoms with Gasteiger partial charge in [-0.1, -0.05) is 29.8 Å². The Kier molecular flexibility index (Phi) is 3.35. The fourth-order valence-corrected chi connectivity index (χ4v) is 1.38. The molecule has 1 N–H and O–H groups in total. The van der Waals surface area contributed by atoms with Crippen molar-refractivity contribution in [2.24, 2.45) is 5.10 Å². The van der Waals surface area contributed by atoms with Crippen molar-refractivity contribution in [1.82, 2.24) is 5.43 Å². The lowest BCUT2D eigenvalue weighted by Gasteiger charge is -1.96. The molecule has 1 amide bonds. The van der Waals surface area contributed by atoms with Gasteiger partial charge in [0.15, 0.2) is 5.76 Å². The summed E-state index contributed by atoms with van der Waals surface area (Å²) in [6.45, 7) is 2.00. The minimum absolute atomic E-state index is 0.242. The number of nitrogens with zero attached hydrogens (tertiary/aromatic N) is 1. The van der Waals surface area contributed by atoms with Crippen LogP contribution in [0.25, 0.3) is 0 Å².